The van der Waals surface area contributed by atoms with E-state index in [-0.39, 0.29) is 23.2 Å². The predicted molar refractivity (Wildman–Crippen MR) is 120 cm³/mol. The fraction of sp³-hybridized carbons (Fsp3) is 0.333. The molecule has 1 aromatic rings. The molecule has 4 nitrogen and oxygen atoms in total. The van der Waals surface area contributed by atoms with Crippen LogP contribution in [0, 0.1) is 28.6 Å². The van der Waals surface area contributed by atoms with Crippen LogP contribution in [0.25, 0.3) is 0 Å². The lowest BCUT2D eigenvalue weighted by molar-refractivity contribution is -0.147. The summed E-state index contributed by atoms with van der Waals surface area (Å²) in [5.74, 6) is 0.725. The summed E-state index contributed by atoms with van der Waals surface area (Å²) >= 11 is 10.3. The first kappa shape index (κ1) is 23.8. The zero-order valence-corrected chi connectivity index (χ0v) is 18.7. The van der Waals surface area contributed by atoms with Crippen LogP contribution in [0.4, 0.5) is 0 Å². The van der Waals surface area contributed by atoms with E-state index in [1.165, 1.54) is 11.9 Å². The minimum Gasteiger partial charge on any atom is -0.461 e. The third kappa shape index (κ3) is 5.78. The fourth-order valence-corrected chi connectivity index (χ4v) is 3.61. The first-order valence-electron chi connectivity index (χ1n) is 9.52. The number of nitriles is 1. The number of allylic oxidation sites excluding steroid dienone is 4. The lowest BCUT2D eigenvalue weighted by Gasteiger charge is -2.14. The van der Waals surface area contributed by atoms with Crippen molar-refractivity contribution in [2.24, 2.45) is 17.3 Å². The van der Waals surface area contributed by atoms with Crippen LogP contribution in [0.15, 0.2) is 77.6 Å². The molecular weight excluding hydrogens is 421 g/mol. The van der Waals surface area contributed by atoms with E-state index in [0.29, 0.717) is 23.5 Å². The number of alkyl halides is 1. The maximum Gasteiger partial charge on any atom is 0.311 e. The highest BCUT2D eigenvalue weighted by atomic mass is 35.5. The summed E-state index contributed by atoms with van der Waals surface area (Å²) < 4.78 is 11.5. The zero-order chi connectivity index (χ0) is 22.1. The van der Waals surface area contributed by atoms with Crippen molar-refractivity contribution in [1.29, 1.82) is 5.26 Å². The number of para-hydroxylation sites is 1. The van der Waals surface area contributed by atoms with Gasteiger partial charge in [0.15, 0.2) is 0 Å². The number of rotatable bonds is 6. The highest BCUT2D eigenvalue weighted by Crippen LogP contribution is 2.59. The maximum atomic E-state index is 12.6. The van der Waals surface area contributed by atoms with E-state index in [1.54, 1.807) is 18.2 Å². The summed E-state index contributed by atoms with van der Waals surface area (Å²) in [6, 6.07) is 11.5. The minimum atomic E-state index is -0.998. The average Bonchev–Trinajstić information content (AvgIpc) is 3.38. The van der Waals surface area contributed by atoms with E-state index in [4.69, 9.17) is 21.1 Å². The van der Waals surface area contributed by atoms with Crippen LogP contribution in [0.3, 0.4) is 0 Å². The summed E-state index contributed by atoms with van der Waals surface area (Å²) in [4.78, 5) is 12.6. The van der Waals surface area contributed by atoms with Crippen LogP contribution in [0.1, 0.15) is 20.3 Å². The summed E-state index contributed by atoms with van der Waals surface area (Å²) in [6.45, 7) is 3.97. The van der Waals surface area contributed by atoms with Gasteiger partial charge in [-0.15, -0.1) is 11.6 Å². The van der Waals surface area contributed by atoms with Crippen LogP contribution in [-0.4, -0.2) is 18.5 Å². The molecule has 3 unspecified atom stereocenters. The van der Waals surface area contributed by atoms with Gasteiger partial charge >= 0.3 is 5.97 Å². The summed E-state index contributed by atoms with van der Waals surface area (Å²) in [5, 5.41) is 9.60. The number of benzene rings is 1. The molecule has 1 aromatic carbocycles. The molecule has 0 spiro atoms. The number of ether oxygens (including phenoxy) is 2. The number of carbonyl (C=O) groups excluding carboxylic acids is 1. The number of esters is 1. The molecule has 0 N–H and O–H groups in total. The Morgan fingerprint density at radius 1 is 1.30 bits per heavy atom. The van der Waals surface area contributed by atoms with Crippen molar-refractivity contribution >= 4 is 29.2 Å². The standard InChI is InChI=1S/C23H22ClNO3.CH3Cl/c1-23(2)19(12-13-24)21(23)22(26)28-20(15-25)16-8-6-7-11-18(14-16)27-17-9-4-3-5-10-17;1-2/h3-10,12-14,19-21H,11H2,1-2H3;1H3/b13-12+;. The fourth-order valence-electron chi connectivity index (χ4n) is 3.45. The second-order valence-electron chi connectivity index (χ2n) is 7.41. The summed E-state index contributed by atoms with van der Waals surface area (Å²) in [6.07, 6.45) is 10.2. The van der Waals surface area contributed by atoms with Crippen LogP contribution >= 0.6 is 23.2 Å². The van der Waals surface area contributed by atoms with Gasteiger partial charge in [-0.25, -0.2) is 0 Å². The van der Waals surface area contributed by atoms with Crippen molar-refractivity contribution in [1.82, 2.24) is 0 Å². The van der Waals surface area contributed by atoms with Gasteiger partial charge in [0.1, 0.15) is 17.6 Å². The molecule has 30 heavy (non-hydrogen) atoms. The Hall–Kier alpha value is -2.48. The summed E-state index contributed by atoms with van der Waals surface area (Å²) in [5.41, 5.74) is 1.78. The van der Waals surface area contributed by atoms with E-state index in [2.05, 4.69) is 17.7 Å². The minimum absolute atomic E-state index is 0.0207. The van der Waals surface area contributed by atoms with Gasteiger partial charge in [0.05, 0.1) is 5.92 Å². The van der Waals surface area contributed by atoms with Crippen LogP contribution < -0.4 is 4.74 Å². The van der Waals surface area contributed by atoms with Crippen molar-refractivity contribution in [2.45, 2.75) is 26.4 Å². The van der Waals surface area contributed by atoms with E-state index in [1.807, 2.05) is 56.3 Å². The molecule has 0 amide bonds. The molecule has 0 aromatic heterocycles. The number of nitrogens with zero attached hydrogens (tertiary/aromatic N) is 1. The highest BCUT2D eigenvalue weighted by Gasteiger charge is 2.61. The Balaban J connectivity index is 0.00000155. The monoisotopic (exact) mass is 445 g/mol. The van der Waals surface area contributed by atoms with Crippen molar-refractivity contribution in [3.05, 3.63) is 77.6 Å². The quantitative estimate of drug-likeness (QED) is 0.389. The van der Waals surface area contributed by atoms with Crippen LogP contribution in [0.2, 0.25) is 0 Å². The Morgan fingerprint density at radius 2 is 2.00 bits per heavy atom. The molecule has 2 aliphatic rings. The van der Waals surface area contributed by atoms with Crippen molar-refractivity contribution in [3.63, 3.8) is 0 Å². The van der Waals surface area contributed by atoms with Crippen LogP contribution in [-0.2, 0) is 9.53 Å². The van der Waals surface area contributed by atoms with E-state index < -0.39 is 6.10 Å². The molecule has 0 radical (unpaired) electrons. The first-order valence-corrected chi connectivity index (χ1v) is 10.7. The molecule has 0 aliphatic heterocycles. The van der Waals surface area contributed by atoms with Crippen LogP contribution in [0.5, 0.6) is 5.75 Å². The second-order valence-corrected chi connectivity index (χ2v) is 7.67. The lowest BCUT2D eigenvalue weighted by Crippen LogP contribution is -2.21. The third-order valence-electron chi connectivity index (χ3n) is 5.16. The van der Waals surface area contributed by atoms with Crippen molar-refractivity contribution in [2.75, 3.05) is 6.38 Å². The van der Waals surface area contributed by atoms with Gasteiger partial charge < -0.3 is 9.47 Å². The normalized spacial score (nSPS) is 22.4. The predicted octanol–water partition coefficient (Wildman–Crippen LogP) is 6.15. The van der Waals surface area contributed by atoms with Gasteiger partial charge in [-0.2, -0.15) is 5.26 Å². The molecule has 0 saturated heterocycles. The van der Waals surface area contributed by atoms with Gasteiger partial charge in [-0.05, 0) is 29.5 Å². The SMILES string of the molecule is CC1(C)C(/C=C/Cl)C1C(=O)OC(C#N)C1=CC=CCC(Oc2ccccc2)=C1.CCl. The van der Waals surface area contributed by atoms with E-state index >= 15 is 0 Å². The van der Waals surface area contributed by atoms with Crippen molar-refractivity contribution < 1.29 is 14.3 Å². The van der Waals surface area contributed by atoms with Gasteiger partial charge in [0.25, 0.3) is 0 Å². The molecular formula is C24H25Cl2NO3. The molecule has 6 heteroatoms. The van der Waals surface area contributed by atoms with E-state index in [9.17, 15) is 10.1 Å². The average molecular weight is 446 g/mol. The molecule has 3 rings (SSSR count). The largest absolute Gasteiger partial charge is 0.461 e. The number of hydrogen-bond donors (Lipinski definition) is 0. The second kappa shape index (κ2) is 11.1. The molecule has 1 saturated carbocycles. The molecule has 1 fully saturated rings. The highest BCUT2D eigenvalue weighted by molar-refractivity contribution is 6.25. The molecule has 0 heterocycles. The van der Waals surface area contributed by atoms with Gasteiger partial charge in [0.2, 0.25) is 6.10 Å². The molecule has 3 atom stereocenters. The summed E-state index contributed by atoms with van der Waals surface area (Å²) in [7, 11) is 0. The Morgan fingerprint density at radius 3 is 2.63 bits per heavy atom. The number of carbonyl (C=O) groups is 1. The Bertz CT molecular complexity index is 895. The van der Waals surface area contributed by atoms with Gasteiger partial charge in [-0.3, -0.25) is 4.79 Å². The molecule has 158 valence electrons. The molecule has 2 aliphatic carbocycles. The first-order chi connectivity index (χ1) is 14.5. The van der Waals surface area contributed by atoms with Crippen molar-refractivity contribution in [3.8, 4) is 11.8 Å². The van der Waals surface area contributed by atoms with E-state index in [0.717, 1.165) is 0 Å². The maximum absolute atomic E-state index is 12.6. The zero-order valence-electron chi connectivity index (χ0n) is 17.2. The smallest absolute Gasteiger partial charge is 0.311 e. The van der Waals surface area contributed by atoms with Gasteiger partial charge in [0, 0.05) is 23.9 Å². The lowest BCUT2D eigenvalue weighted by atomic mass is 10.1. The third-order valence-corrected chi connectivity index (χ3v) is 5.31. The Labute approximate surface area is 188 Å². The Kier molecular flexibility index (Phi) is 8.77. The topological polar surface area (TPSA) is 59.3 Å². The van der Waals surface area contributed by atoms with Gasteiger partial charge in [-0.1, -0.05) is 68.0 Å². The molecule has 0 bridgehead atoms. The number of halogens is 2. The number of hydrogen-bond acceptors (Lipinski definition) is 4.